The van der Waals surface area contributed by atoms with Crippen LogP contribution >= 0.6 is 19.9 Å². The van der Waals surface area contributed by atoms with Gasteiger partial charge in [-0.25, -0.2) is 8.78 Å². The SMILES string of the molecule is CS1(c2ccc(F)cc2F)CS1. The Hall–Kier alpha value is -0.220. The van der Waals surface area contributed by atoms with E-state index in [0.717, 1.165) is 11.2 Å². The van der Waals surface area contributed by atoms with Crippen molar-refractivity contribution in [2.24, 2.45) is 0 Å². The molecule has 1 aromatic carbocycles. The topological polar surface area (TPSA) is 0 Å². The Morgan fingerprint density at radius 2 is 2.08 bits per heavy atom. The van der Waals surface area contributed by atoms with E-state index in [4.69, 9.17) is 0 Å². The van der Waals surface area contributed by atoms with E-state index in [9.17, 15) is 8.78 Å². The second-order valence-corrected chi connectivity index (χ2v) is 9.36. The maximum atomic E-state index is 13.2. The first-order chi connectivity index (χ1) is 5.62. The fraction of sp³-hybridized carbons (Fsp3) is 0.250. The Kier molecular flexibility index (Phi) is 1.84. The summed E-state index contributed by atoms with van der Waals surface area (Å²) >= 11 is 0. The molecule has 0 aromatic heterocycles. The Bertz CT molecular complexity index is 321. The van der Waals surface area contributed by atoms with E-state index in [1.54, 1.807) is 16.9 Å². The van der Waals surface area contributed by atoms with Crippen molar-refractivity contribution < 1.29 is 8.78 Å². The molecule has 0 N–H and O–H groups in total. The number of benzene rings is 1. The lowest BCUT2D eigenvalue weighted by molar-refractivity contribution is 0.565. The summed E-state index contributed by atoms with van der Waals surface area (Å²) in [6.45, 7) is 0. The minimum Gasteiger partial charge on any atom is -0.207 e. The second-order valence-electron chi connectivity index (χ2n) is 2.82. The molecule has 0 spiro atoms. The normalized spacial score (nSPS) is 32.6. The molecule has 1 aromatic rings. The van der Waals surface area contributed by atoms with Gasteiger partial charge in [0.15, 0.2) is 0 Å². The predicted octanol–water partition coefficient (Wildman–Crippen LogP) is 3.38. The fourth-order valence-electron chi connectivity index (χ4n) is 1.02. The lowest BCUT2D eigenvalue weighted by atomic mass is 10.3. The molecule has 66 valence electrons. The quantitative estimate of drug-likeness (QED) is 0.501. The highest BCUT2D eigenvalue weighted by Crippen LogP contribution is 2.80. The lowest BCUT2D eigenvalue weighted by Gasteiger charge is -2.12. The van der Waals surface area contributed by atoms with Crippen molar-refractivity contribution in [3.63, 3.8) is 0 Å². The molecule has 0 saturated carbocycles. The van der Waals surface area contributed by atoms with Crippen LogP contribution in [-0.4, -0.2) is 11.3 Å². The third kappa shape index (κ3) is 1.33. The first kappa shape index (κ1) is 8.38. The molecule has 0 bridgehead atoms. The minimum absolute atomic E-state index is 0.391. The predicted molar refractivity (Wildman–Crippen MR) is 50.6 cm³/mol. The highest BCUT2D eigenvalue weighted by molar-refractivity contribution is 9.08. The van der Waals surface area contributed by atoms with Crippen LogP contribution in [0.2, 0.25) is 0 Å². The average Bonchev–Trinajstić information content (AvgIpc) is 2.68. The lowest BCUT2D eigenvalue weighted by Crippen LogP contribution is -1.87. The van der Waals surface area contributed by atoms with Crippen LogP contribution in [0.5, 0.6) is 0 Å². The molecule has 0 amide bonds. The summed E-state index contributed by atoms with van der Waals surface area (Å²) in [5, 5.41) is 1.01. The van der Waals surface area contributed by atoms with Crippen molar-refractivity contribution in [1.29, 1.82) is 0 Å². The van der Waals surface area contributed by atoms with Crippen molar-refractivity contribution in [3.8, 4) is 0 Å². The number of hydrogen-bond acceptors (Lipinski definition) is 1. The molecular weight excluding hydrogens is 198 g/mol. The maximum Gasteiger partial charge on any atom is 0.138 e. The molecule has 4 heteroatoms. The molecule has 12 heavy (non-hydrogen) atoms. The highest BCUT2D eigenvalue weighted by Gasteiger charge is 2.37. The van der Waals surface area contributed by atoms with Gasteiger partial charge in [0.1, 0.15) is 11.6 Å². The summed E-state index contributed by atoms with van der Waals surface area (Å²) in [5.41, 5.74) is 0. The van der Waals surface area contributed by atoms with E-state index in [-0.39, 0.29) is 0 Å². The average molecular weight is 206 g/mol. The van der Waals surface area contributed by atoms with Crippen molar-refractivity contribution in [2.45, 2.75) is 4.90 Å². The van der Waals surface area contributed by atoms with Gasteiger partial charge in [0.25, 0.3) is 0 Å². The number of halogens is 2. The summed E-state index contributed by atoms with van der Waals surface area (Å²) < 4.78 is 25.7. The largest absolute Gasteiger partial charge is 0.207 e. The van der Waals surface area contributed by atoms with Gasteiger partial charge >= 0.3 is 0 Å². The summed E-state index contributed by atoms with van der Waals surface area (Å²) in [5.74, 6) is -0.887. The van der Waals surface area contributed by atoms with Crippen molar-refractivity contribution in [2.75, 3.05) is 11.3 Å². The van der Waals surface area contributed by atoms with Gasteiger partial charge in [-0.3, -0.25) is 0 Å². The van der Waals surface area contributed by atoms with E-state index in [1.807, 2.05) is 6.26 Å². The van der Waals surface area contributed by atoms with Crippen LogP contribution in [0.3, 0.4) is 0 Å². The van der Waals surface area contributed by atoms with E-state index in [2.05, 4.69) is 0 Å². The molecule has 2 rings (SSSR count). The van der Waals surface area contributed by atoms with Crippen LogP contribution in [0.15, 0.2) is 23.1 Å². The Morgan fingerprint density at radius 3 is 2.58 bits per heavy atom. The van der Waals surface area contributed by atoms with Gasteiger partial charge in [-0.1, -0.05) is 10.8 Å². The van der Waals surface area contributed by atoms with Gasteiger partial charge in [0.2, 0.25) is 0 Å². The molecule has 1 fully saturated rings. The summed E-state index contributed by atoms with van der Waals surface area (Å²) in [4.78, 5) is 0.703. The highest BCUT2D eigenvalue weighted by atomic mass is 33.2. The molecule has 1 saturated heterocycles. The minimum atomic E-state index is -0.925. The molecule has 1 aliphatic rings. The summed E-state index contributed by atoms with van der Waals surface area (Å²) in [6.07, 6.45) is 2.05. The van der Waals surface area contributed by atoms with E-state index < -0.39 is 20.7 Å². The maximum absolute atomic E-state index is 13.2. The molecule has 1 aliphatic heterocycles. The number of hydrogen-bond donors (Lipinski definition) is 0. The van der Waals surface area contributed by atoms with E-state index in [0.29, 0.717) is 4.90 Å². The van der Waals surface area contributed by atoms with E-state index >= 15 is 0 Å². The van der Waals surface area contributed by atoms with Gasteiger partial charge in [-0.05, 0) is 18.4 Å². The molecule has 1 heterocycles. The third-order valence-corrected chi connectivity index (χ3v) is 7.40. The summed E-state index contributed by atoms with van der Waals surface area (Å²) in [7, 11) is 0.839. The van der Waals surface area contributed by atoms with Crippen LogP contribution in [0.4, 0.5) is 8.78 Å². The zero-order valence-corrected chi connectivity index (χ0v) is 8.14. The zero-order valence-electron chi connectivity index (χ0n) is 6.51. The third-order valence-electron chi connectivity index (χ3n) is 1.83. The monoisotopic (exact) mass is 206 g/mol. The van der Waals surface area contributed by atoms with Gasteiger partial charge < -0.3 is 0 Å². The van der Waals surface area contributed by atoms with Crippen molar-refractivity contribution in [3.05, 3.63) is 29.8 Å². The van der Waals surface area contributed by atoms with E-state index in [1.165, 1.54) is 6.07 Å². The fourth-order valence-corrected chi connectivity index (χ4v) is 5.15. The first-order valence-corrected chi connectivity index (χ1v) is 7.19. The van der Waals surface area contributed by atoms with Crippen LogP contribution < -0.4 is 0 Å². The van der Waals surface area contributed by atoms with Crippen LogP contribution in [0.1, 0.15) is 0 Å². The van der Waals surface area contributed by atoms with Gasteiger partial charge in [0, 0.05) is 16.0 Å². The molecule has 0 nitrogen and oxygen atoms in total. The molecule has 1 atom stereocenters. The van der Waals surface area contributed by atoms with Crippen LogP contribution in [-0.2, 0) is 0 Å². The molecular formula is C8H8F2S2. The van der Waals surface area contributed by atoms with Crippen LogP contribution in [0, 0.1) is 11.6 Å². The van der Waals surface area contributed by atoms with Crippen molar-refractivity contribution in [1.82, 2.24) is 0 Å². The van der Waals surface area contributed by atoms with Gasteiger partial charge in [-0.2, -0.15) is 9.06 Å². The van der Waals surface area contributed by atoms with Crippen LogP contribution in [0.25, 0.3) is 0 Å². The molecule has 0 aliphatic carbocycles. The zero-order chi connectivity index (χ0) is 8.77. The Balaban J connectivity index is 2.45. The smallest absolute Gasteiger partial charge is 0.138 e. The molecule has 0 radical (unpaired) electrons. The van der Waals surface area contributed by atoms with Gasteiger partial charge in [-0.15, -0.1) is 0 Å². The van der Waals surface area contributed by atoms with Gasteiger partial charge in [0.05, 0.1) is 0 Å². The second kappa shape index (κ2) is 2.64. The Morgan fingerprint density at radius 1 is 1.42 bits per heavy atom. The number of rotatable bonds is 1. The standard InChI is InChI=1S/C8H8F2S2/c1-12(5-11-12)8-3-2-6(9)4-7(8)10/h2-4H,5H2,1H3. The van der Waals surface area contributed by atoms with Crippen molar-refractivity contribution >= 4 is 19.9 Å². The first-order valence-electron chi connectivity index (χ1n) is 3.47. The summed E-state index contributed by atoms with van der Waals surface area (Å²) in [6, 6.07) is 3.86. The Labute approximate surface area is 75.1 Å². The molecule has 1 unspecified atom stereocenters.